The number of rotatable bonds is 7. The van der Waals surface area contributed by atoms with Crippen molar-refractivity contribution in [3.8, 4) is 0 Å². The first-order valence-electron chi connectivity index (χ1n) is 6.73. The van der Waals surface area contributed by atoms with Gasteiger partial charge in [0.2, 0.25) is 5.91 Å². The van der Waals surface area contributed by atoms with Crippen molar-refractivity contribution in [2.75, 3.05) is 18.6 Å². The highest BCUT2D eigenvalue weighted by molar-refractivity contribution is 6.33. The molecule has 1 aromatic rings. The summed E-state index contributed by atoms with van der Waals surface area (Å²) in [7, 11) is 1.64. The van der Waals surface area contributed by atoms with Gasteiger partial charge in [0.05, 0.1) is 10.7 Å². The lowest BCUT2D eigenvalue weighted by Crippen LogP contribution is -2.37. The molecule has 0 saturated carbocycles. The second kappa shape index (κ2) is 8.22. The van der Waals surface area contributed by atoms with E-state index in [2.05, 4.69) is 0 Å². The Bertz CT molecular complexity index is 451. The molecule has 0 atom stereocenters. The van der Waals surface area contributed by atoms with E-state index in [0.717, 1.165) is 12.8 Å². The van der Waals surface area contributed by atoms with Crippen molar-refractivity contribution in [1.82, 2.24) is 0 Å². The summed E-state index contributed by atoms with van der Waals surface area (Å²) in [6.45, 7) is 4.46. The minimum atomic E-state index is -0.407. The Morgan fingerprint density at radius 3 is 2.65 bits per heavy atom. The fraction of sp³-hybridized carbons (Fsp3) is 0.533. The van der Waals surface area contributed by atoms with Gasteiger partial charge in [0.15, 0.2) is 0 Å². The zero-order valence-corrected chi connectivity index (χ0v) is 12.9. The molecule has 1 rings (SSSR count). The third-order valence-electron chi connectivity index (χ3n) is 2.94. The highest BCUT2D eigenvalue weighted by Gasteiger charge is 2.21. The summed E-state index contributed by atoms with van der Waals surface area (Å²) < 4.78 is 18.1. The molecule has 0 aliphatic carbocycles. The molecule has 1 aromatic carbocycles. The van der Waals surface area contributed by atoms with Crippen LogP contribution in [0.1, 0.15) is 33.1 Å². The van der Waals surface area contributed by atoms with E-state index in [0.29, 0.717) is 18.7 Å². The number of carbonyl (C=O) groups excluding carboxylic acids is 1. The van der Waals surface area contributed by atoms with Gasteiger partial charge in [-0.15, -0.1) is 0 Å². The van der Waals surface area contributed by atoms with Crippen LogP contribution in [0.2, 0.25) is 5.02 Å². The summed E-state index contributed by atoms with van der Waals surface area (Å²) in [4.78, 5) is 13.9. The minimum absolute atomic E-state index is 0.00962. The predicted molar refractivity (Wildman–Crippen MR) is 79.8 cm³/mol. The maximum Gasteiger partial charge on any atom is 0.227 e. The van der Waals surface area contributed by atoms with Gasteiger partial charge in [0.1, 0.15) is 5.82 Å². The summed E-state index contributed by atoms with van der Waals surface area (Å²) >= 11 is 6.04. The monoisotopic (exact) mass is 301 g/mol. The smallest absolute Gasteiger partial charge is 0.227 e. The lowest BCUT2D eigenvalue weighted by molar-refractivity contribution is -0.119. The molecule has 0 spiro atoms. The van der Waals surface area contributed by atoms with Gasteiger partial charge in [-0.2, -0.15) is 0 Å². The van der Waals surface area contributed by atoms with Crippen LogP contribution in [-0.4, -0.2) is 25.7 Å². The lowest BCUT2D eigenvalue weighted by Gasteiger charge is -2.28. The average molecular weight is 302 g/mol. The highest BCUT2D eigenvalue weighted by atomic mass is 35.5. The first-order valence-corrected chi connectivity index (χ1v) is 7.11. The standard InChI is InChI=1S/C15H21ClFNO2/c1-11(2)18(15(19)6-4-5-9-20-3)14-8-7-12(17)10-13(14)16/h7-8,10-11H,4-6,9H2,1-3H3. The molecule has 5 heteroatoms. The number of anilines is 1. The van der Waals surface area contributed by atoms with E-state index < -0.39 is 5.82 Å². The van der Waals surface area contributed by atoms with Crippen molar-refractivity contribution in [1.29, 1.82) is 0 Å². The average Bonchev–Trinajstić information content (AvgIpc) is 2.37. The quantitative estimate of drug-likeness (QED) is 0.711. The van der Waals surface area contributed by atoms with Crippen LogP contribution < -0.4 is 4.90 Å². The number of unbranched alkanes of at least 4 members (excludes halogenated alkanes) is 1. The van der Waals surface area contributed by atoms with E-state index in [1.807, 2.05) is 13.8 Å². The van der Waals surface area contributed by atoms with Gasteiger partial charge in [0, 0.05) is 26.2 Å². The molecule has 0 unspecified atom stereocenters. The minimum Gasteiger partial charge on any atom is -0.385 e. The van der Waals surface area contributed by atoms with E-state index in [-0.39, 0.29) is 17.0 Å². The first-order chi connectivity index (χ1) is 9.47. The Labute approximate surface area is 124 Å². The van der Waals surface area contributed by atoms with Gasteiger partial charge >= 0.3 is 0 Å². The zero-order chi connectivity index (χ0) is 15.1. The fourth-order valence-corrected chi connectivity index (χ4v) is 2.28. The van der Waals surface area contributed by atoms with E-state index in [9.17, 15) is 9.18 Å². The molecule has 0 aliphatic rings. The highest BCUT2D eigenvalue weighted by Crippen LogP contribution is 2.29. The molecular weight excluding hydrogens is 281 g/mol. The van der Waals surface area contributed by atoms with Gasteiger partial charge in [-0.1, -0.05) is 11.6 Å². The van der Waals surface area contributed by atoms with Gasteiger partial charge in [0.25, 0.3) is 0 Å². The number of amides is 1. The molecule has 0 saturated heterocycles. The largest absolute Gasteiger partial charge is 0.385 e. The topological polar surface area (TPSA) is 29.5 Å². The Kier molecular flexibility index (Phi) is 6.96. The molecule has 0 aliphatic heterocycles. The molecule has 0 bridgehead atoms. The molecular formula is C15H21ClFNO2. The van der Waals surface area contributed by atoms with Crippen LogP contribution in [0.5, 0.6) is 0 Å². The number of ether oxygens (including phenoxy) is 1. The van der Waals surface area contributed by atoms with Crippen LogP contribution in [0.15, 0.2) is 18.2 Å². The van der Waals surface area contributed by atoms with Crippen molar-refractivity contribution >= 4 is 23.2 Å². The number of benzene rings is 1. The number of halogens is 2. The fourth-order valence-electron chi connectivity index (χ4n) is 2.02. The van der Waals surface area contributed by atoms with E-state index in [1.165, 1.54) is 12.1 Å². The Morgan fingerprint density at radius 2 is 2.10 bits per heavy atom. The normalized spacial score (nSPS) is 10.9. The van der Waals surface area contributed by atoms with Crippen molar-refractivity contribution in [3.05, 3.63) is 29.0 Å². The van der Waals surface area contributed by atoms with Gasteiger partial charge in [-0.05, 0) is 44.9 Å². The van der Waals surface area contributed by atoms with Gasteiger partial charge in [-0.3, -0.25) is 4.79 Å². The number of carbonyl (C=O) groups is 1. The van der Waals surface area contributed by atoms with Crippen LogP contribution in [0.3, 0.4) is 0 Å². The van der Waals surface area contributed by atoms with Crippen molar-refractivity contribution in [2.24, 2.45) is 0 Å². The summed E-state index contributed by atoms with van der Waals surface area (Å²) in [5.41, 5.74) is 0.555. The number of hydrogen-bond donors (Lipinski definition) is 0. The molecule has 20 heavy (non-hydrogen) atoms. The molecule has 0 aromatic heterocycles. The summed E-state index contributed by atoms with van der Waals surface area (Å²) in [6, 6.07) is 4.05. The molecule has 0 radical (unpaired) electrons. The third kappa shape index (κ3) is 4.76. The third-order valence-corrected chi connectivity index (χ3v) is 3.25. The molecule has 0 fully saturated rings. The van der Waals surface area contributed by atoms with Crippen molar-refractivity contribution in [3.63, 3.8) is 0 Å². The van der Waals surface area contributed by atoms with Gasteiger partial charge in [-0.25, -0.2) is 4.39 Å². The van der Waals surface area contributed by atoms with E-state index in [4.69, 9.17) is 16.3 Å². The molecule has 1 amide bonds. The van der Waals surface area contributed by atoms with E-state index in [1.54, 1.807) is 18.1 Å². The summed E-state index contributed by atoms with van der Waals surface area (Å²) in [5.74, 6) is -0.417. The van der Waals surface area contributed by atoms with Crippen LogP contribution in [0.25, 0.3) is 0 Å². The summed E-state index contributed by atoms with van der Waals surface area (Å²) in [6.07, 6.45) is 2.02. The van der Waals surface area contributed by atoms with Crippen molar-refractivity contribution in [2.45, 2.75) is 39.2 Å². The second-order valence-corrected chi connectivity index (χ2v) is 5.31. The molecule has 3 nitrogen and oxygen atoms in total. The maximum absolute atomic E-state index is 13.1. The zero-order valence-electron chi connectivity index (χ0n) is 12.2. The Hall–Kier alpha value is -1.13. The number of nitrogens with zero attached hydrogens (tertiary/aromatic N) is 1. The Balaban J connectivity index is 2.80. The van der Waals surface area contributed by atoms with Crippen LogP contribution in [0.4, 0.5) is 10.1 Å². The van der Waals surface area contributed by atoms with Gasteiger partial charge < -0.3 is 9.64 Å². The number of hydrogen-bond acceptors (Lipinski definition) is 2. The maximum atomic E-state index is 13.1. The van der Waals surface area contributed by atoms with E-state index >= 15 is 0 Å². The predicted octanol–water partition coefficient (Wildman–Crippen LogP) is 4.04. The van der Waals surface area contributed by atoms with Crippen LogP contribution in [0, 0.1) is 5.82 Å². The second-order valence-electron chi connectivity index (χ2n) is 4.90. The first kappa shape index (κ1) is 16.9. The molecule has 112 valence electrons. The SMILES string of the molecule is COCCCCC(=O)N(c1ccc(F)cc1Cl)C(C)C. The Morgan fingerprint density at radius 1 is 1.40 bits per heavy atom. The summed E-state index contributed by atoms with van der Waals surface area (Å²) in [5, 5.41) is 0.254. The van der Waals surface area contributed by atoms with Crippen LogP contribution in [-0.2, 0) is 9.53 Å². The number of methoxy groups -OCH3 is 1. The molecule has 0 N–H and O–H groups in total. The molecule has 0 heterocycles. The lowest BCUT2D eigenvalue weighted by atomic mass is 10.1. The van der Waals surface area contributed by atoms with Crippen molar-refractivity contribution < 1.29 is 13.9 Å². The van der Waals surface area contributed by atoms with Crippen LogP contribution >= 0.6 is 11.6 Å².